The lowest BCUT2D eigenvalue weighted by Crippen LogP contribution is -2.40. The Morgan fingerprint density at radius 3 is 2.25 bits per heavy atom. The van der Waals surface area contributed by atoms with Gasteiger partial charge in [0.25, 0.3) is 5.91 Å². The molecule has 168 valence electrons. The zero-order chi connectivity index (χ0) is 23.1. The second-order valence-corrected chi connectivity index (χ2v) is 9.42. The molecule has 0 radical (unpaired) electrons. The molecule has 1 saturated carbocycles. The predicted octanol–water partition coefficient (Wildman–Crippen LogP) is 6.17. The van der Waals surface area contributed by atoms with Crippen molar-refractivity contribution in [3.8, 4) is 22.4 Å². The van der Waals surface area contributed by atoms with E-state index in [9.17, 15) is 18.0 Å². The molecule has 0 aliphatic heterocycles. The van der Waals surface area contributed by atoms with Gasteiger partial charge in [-0.2, -0.15) is 18.3 Å². The van der Waals surface area contributed by atoms with Crippen LogP contribution in [-0.2, 0) is 12.7 Å². The van der Waals surface area contributed by atoms with Gasteiger partial charge in [0.15, 0.2) is 0 Å². The van der Waals surface area contributed by atoms with Crippen LogP contribution in [0.4, 0.5) is 13.2 Å². The van der Waals surface area contributed by atoms with Crippen LogP contribution in [0.2, 0.25) is 0 Å². The van der Waals surface area contributed by atoms with Crippen LogP contribution < -0.4 is 5.32 Å². The van der Waals surface area contributed by atoms with Crippen LogP contribution in [0, 0.1) is 5.92 Å². The Labute approximate surface area is 185 Å². The monoisotopic (exact) mass is 441 g/mol. The highest BCUT2D eigenvalue weighted by molar-refractivity contribution is 5.97. The van der Waals surface area contributed by atoms with Gasteiger partial charge in [-0.15, -0.1) is 0 Å². The molecular formula is C25H26F3N3O. The zero-order valence-corrected chi connectivity index (χ0v) is 18.3. The molecule has 4 nitrogen and oxygen atoms in total. The molecule has 4 rings (SSSR count). The van der Waals surface area contributed by atoms with E-state index in [0.29, 0.717) is 22.6 Å². The van der Waals surface area contributed by atoms with Crippen LogP contribution in [0.15, 0.2) is 54.7 Å². The summed E-state index contributed by atoms with van der Waals surface area (Å²) >= 11 is 0. The lowest BCUT2D eigenvalue weighted by Gasteiger charge is -2.21. The number of hydrogen-bond acceptors (Lipinski definition) is 2. The number of hydrogen-bond donors (Lipinski definition) is 1. The maximum absolute atomic E-state index is 13.0. The average Bonchev–Trinajstić information content (AvgIpc) is 3.40. The lowest BCUT2D eigenvalue weighted by atomic mass is 9.96. The predicted molar refractivity (Wildman–Crippen MR) is 118 cm³/mol. The Hall–Kier alpha value is -3.09. The second-order valence-electron chi connectivity index (χ2n) is 9.42. The number of amides is 1. The molecule has 1 heterocycles. The van der Waals surface area contributed by atoms with Crippen LogP contribution in [0.25, 0.3) is 22.4 Å². The number of nitrogens with one attached hydrogen (secondary N) is 1. The molecule has 3 aromatic rings. The van der Waals surface area contributed by atoms with Gasteiger partial charge in [-0.05, 0) is 87.1 Å². The molecule has 0 atom stereocenters. The second kappa shape index (κ2) is 8.11. The number of rotatable bonds is 5. The zero-order valence-electron chi connectivity index (χ0n) is 18.3. The molecule has 0 bridgehead atoms. The third-order valence-corrected chi connectivity index (χ3v) is 5.37. The number of carbonyl (C=O) groups is 1. The van der Waals surface area contributed by atoms with Crippen LogP contribution in [0.1, 0.15) is 49.5 Å². The molecule has 1 fully saturated rings. The van der Waals surface area contributed by atoms with Crippen molar-refractivity contribution in [3.63, 3.8) is 0 Å². The summed E-state index contributed by atoms with van der Waals surface area (Å²) in [5.41, 5.74) is 2.30. The number of nitrogens with zero attached hydrogens (tertiary/aromatic N) is 2. The maximum Gasteiger partial charge on any atom is 0.416 e. The number of halogens is 3. The average molecular weight is 441 g/mol. The quantitative estimate of drug-likeness (QED) is 0.514. The Bertz CT molecular complexity index is 1120. The Kier molecular flexibility index (Phi) is 5.61. The summed E-state index contributed by atoms with van der Waals surface area (Å²) in [5, 5.41) is 7.40. The molecule has 1 aromatic heterocycles. The van der Waals surface area contributed by atoms with E-state index in [4.69, 9.17) is 0 Å². The molecule has 1 amide bonds. The molecule has 32 heavy (non-hydrogen) atoms. The SMILES string of the molecule is CC(C)(C)NC(=O)c1cc(-c2ccc(C(F)(F)F)cc2)cc(-c2ccnn2CC2CC2)c1. The Morgan fingerprint density at radius 1 is 1.00 bits per heavy atom. The number of carbonyl (C=O) groups excluding carboxylic acids is 1. The van der Waals surface area contributed by atoms with Crippen molar-refractivity contribution < 1.29 is 18.0 Å². The van der Waals surface area contributed by atoms with Crippen molar-refractivity contribution in [1.29, 1.82) is 0 Å². The highest BCUT2D eigenvalue weighted by atomic mass is 19.4. The molecule has 2 aromatic carbocycles. The van der Waals surface area contributed by atoms with Gasteiger partial charge in [-0.25, -0.2) is 0 Å². The maximum atomic E-state index is 13.0. The fourth-order valence-electron chi connectivity index (χ4n) is 3.61. The molecule has 0 spiro atoms. The van der Waals surface area contributed by atoms with E-state index < -0.39 is 17.3 Å². The number of aromatic nitrogens is 2. The topological polar surface area (TPSA) is 46.9 Å². The highest BCUT2D eigenvalue weighted by Crippen LogP contribution is 2.35. The standard InChI is InChI=1S/C25H26F3N3O/c1-24(2,3)30-23(32)20-13-18(17-6-8-21(9-7-17)25(26,27)28)12-19(14-20)22-10-11-29-31(22)15-16-4-5-16/h6-14,16H,4-5,15H2,1-3H3,(H,30,32). The van der Waals surface area contributed by atoms with Crippen molar-refractivity contribution in [1.82, 2.24) is 15.1 Å². The van der Waals surface area contributed by atoms with Gasteiger partial charge in [-0.1, -0.05) is 12.1 Å². The van der Waals surface area contributed by atoms with Crippen molar-refractivity contribution >= 4 is 5.91 Å². The normalized spacial score (nSPS) is 14.4. The first-order valence-electron chi connectivity index (χ1n) is 10.7. The number of benzene rings is 2. The minimum atomic E-state index is -4.40. The minimum absolute atomic E-state index is 0.235. The van der Waals surface area contributed by atoms with Gasteiger partial charge in [0.2, 0.25) is 0 Å². The van der Waals surface area contributed by atoms with Crippen molar-refractivity contribution in [3.05, 3.63) is 65.9 Å². The molecule has 7 heteroatoms. The van der Waals surface area contributed by atoms with E-state index in [1.165, 1.54) is 25.0 Å². The van der Waals surface area contributed by atoms with Gasteiger partial charge < -0.3 is 5.32 Å². The van der Waals surface area contributed by atoms with Gasteiger partial charge in [0.1, 0.15) is 0 Å². The third-order valence-electron chi connectivity index (χ3n) is 5.37. The summed E-state index contributed by atoms with van der Waals surface area (Å²) in [7, 11) is 0. The van der Waals surface area contributed by atoms with E-state index in [-0.39, 0.29) is 5.91 Å². The summed E-state index contributed by atoms with van der Waals surface area (Å²) in [6, 6.07) is 12.3. The van der Waals surface area contributed by atoms with Crippen LogP contribution >= 0.6 is 0 Å². The summed E-state index contributed by atoms with van der Waals surface area (Å²) in [4.78, 5) is 12.9. The van der Waals surface area contributed by atoms with E-state index >= 15 is 0 Å². The first-order chi connectivity index (χ1) is 15.0. The van der Waals surface area contributed by atoms with Gasteiger partial charge >= 0.3 is 6.18 Å². The number of alkyl halides is 3. The summed E-state index contributed by atoms with van der Waals surface area (Å²) < 4.78 is 40.9. The third kappa shape index (κ3) is 5.21. The first-order valence-corrected chi connectivity index (χ1v) is 10.7. The summed E-state index contributed by atoms with van der Waals surface area (Å²) in [5.74, 6) is 0.385. The van der Waals surface area contributed by atoms with Crippen molar-refractivity contribution in [2.75, 3.05) is 0 Å². The minimum Gasteiger partial charge on any atom is -0.347 e. The molecule has 1 N–H and O–H groups in total. The first kappa shape index (κ1) is 22.1. The lowest BCUT2D eigenvalue weighted by molar-refractivity contribution is -0.137. The molecule has 1 aliphatic rings. The molecule has 0 saturated heterocycles. The fourth-order valence-corrected chi connectivity index (χ4v) is 3.61. The Balaban J connectivity index is 1.77. The fraction of sp³-hybridized carbons (Fsp3) is 0.360. The molecule has 1 aliphatic carbocycles. The van der Waals surface area contributed by atoms with Crippen molar-refractivity contribution in [2.45, 2.75) is 51.9 Å². The largest absolute Gasteiger partial charge is 0.416 e. The van der Waals surface area contributed by atoms with Crippen LogP contribution in [0.3, 0.4) is 0 Å². The van der Waals surface area contributed by atoms with Gasteiger partial charge in [0.05, 0.1) is 11.3 Å². The van der Waals surface area contributed by atoms with Crippen LogP contribution in [-0.4, -0.2) is 21.2 Å². The highest BCUT2D eigenvalue weighted by Gasteiger charge is 2.30. The van der Waals surface area contributed by atoms with E-state index in [2.05, 4.69) is 10.4 Å². The van der Waals surface area contributed by atoms with Gasteiger partial charge in [-0.3, -0.25) is 9.48 Å². The van der Waals surface area contributed by atoms with E-state index in [1.54, 1.807) is 12.3 Å². The van der Waals surface area contributed by atoms with Crippen LogP contribution in [0.5, 0.6) is 0 Å². The van der Waals surface area contributed by atoms with Gasteiger partial charge in [0, 0.05) is 29.4 Å². The summed E-state index contributed by atoms with van der Waals surface area (Å²) in [6.45, 7) is 6.51. The van der Waals surface area contributed by atoms with Crippen molar-refractivity contribution in [2.24, 2.45) is 5.92 Å². The smallest absolute Gasteiger partial charge is 0.347 e. The summed E-state index contributed by atoms with van der Waals surface area (Å²) in [6.07, 6.45) is -0.293. The molecular weight excluding hydrogens is 415 g/mol. The van der Waals surface area contributed by atoms with E-state index in [1.807, 2.05) is 43.7 Å². The van der Waals surface area contributed by atoms with E-state index in [0.717, 1.165) is 29.9 Å². The Morgan fingerprint density at radius 2 is 1.66 bits per heavy atom. The molecule has 0 unspecified atom stereocenters.